The molecule has 3 aliphatic rings. The van der Waals surface area contributed by atoms with Crippen LogP contribution in [0.2, 0.25) is 0 Å². The lowest BCUT2D eigenvalue weighted by molar-refractivity contribution is 0.0974. The van der Waals surface area contributed by atoms with Gasteiger partial charge >= 0.3 is 0 Å². The van der Waals surface area contributed by atoms with Crippen LogP contribution in [0, 0.1) is 19.3 Å². The summed E-state index contributed by atoms with van der Waals surface area (Å²) in [7, 11) is 0. The predicted molar refractivity (Wildman–Crippen MR) is 136 cm³/mol. The third-order valence-corrected chi connectivity index (χ3v) is 8.56. The number of alkyl halides is 1. The normalized spacial score (nSPS) is 28.2. The molecule has 4 atom stereocenters. The van der Waals surface area contributed by atoms with Crippen molar-refractivity contribution in [2.24, 2.45) is 11.1 Å². The second-order valence-corrected chi connectivity index (χ2v) is 10.5. The average Bonchev–Trinajstić information content (AvgIpc) is 3.46. The van der Waals surface area contributed by atoms with Crippen LogP contribution in [0.5, 0.6) is 5.88 Å². The summed E-state index contributed by atoms with van der Waals surface area (Å²) in [5.41, 5.74) is 7.37. The van der Waals surface area contributed by atoms with Crippen LogP contribution in [0.1, 0.15) is 31.2 Å². The number of nitrogens with one attached hydrogen (secondary N) is 1. The van der Waals surface area contributed by atoms with Gasteiger partial charge in [-0.05, 0) is 45.8 Å². The highest BCUT2D eigenvalue weighted by Crippen LogP contribution is 2.42. The maximum atomic E-state index is 13.5. The Morgan fingerprint density at radius 1 is 1.31 bits per heavy atom. The molecule has 0 bridgehead atoms. The van der Waals surface area contributed by atoms with Crippen molar-refractivity contribution in [1.29, 1.82) is 0 Å². The van der Waals surface area contributed by atoms with Crippen molar-refractivity contribution in [1.82, 2.24) is 19.7 Å². The Kier molecular flexibility index (Phi) is 6.46. The molecule has 2 saturated heterocycles. The number of nitrogens with two attached hydrogens (primary N) is 1. The lowest BCUT2D eigenvalue weighted by Crippen LogP contribution is -2.51. The summed E-state index contributed by atoms with van der Waals surface area (Å²) in [5.74, 6) is 1.73. The van der Waals surface area contributed by atoms with Crippen LogP contribution < -0.4 is 20.9 Å². The second kappa shape index (κ2) is 9.28. The molecule has 2 aromatic rings. The predicted octanol–water partition coefficient (Wildman–Crippen LogP) is 2.95. The van der Waals surface area contributed by atoms with Crippen LogP contribution in [0.3, 0.4) is 0 Å². The summed E-state index contributed by atoms with van der Waals surface area (Å²) < 4.78 is 13.2. The first-order valence-corrected chi connectivity index (χ1v) is 12.6. The van der Waals surface area contributed by atoms with Crippen molar-refractivity contribution in [2.45, 2.75) is 57.2 Å². The number of aryl methyl sites for hydroxylation is 1. The Morgan fingerprint density at radius 3 is 2.69 bits per heavy atom. The Labute approximate surface area is 213 Å². The fourth-order valence-corrected chi connectivity index (χ4v) is 5.83. The number of anilines is 1. The summed E-state index contributed by atoms with van der Waals surface area (Å²) in [5, 5.41) is 6.25. The highest BCUT2D eigenvalue weighted by molar-refractivity contribution is 6.40. The van der Waals surface area contributed by atoms with Gasteiger partial charge in [0.05, 0.1) is 35.2 Å². The van der Waals surface area contributed by atoms with Crippen molar-refractivity contribution in [3.63, 3.8) is 0 Å². The Balaban J connectivity index is 1.39. The summed E-state index contributed by atoms with van der Waals surface area (Å²) >= 11 is 13.3. The maximum Gasteiger partial charge on any atom is 0.263 e. The fourth-order valence-electron chi connectivity index (χ4n) is 5.31. The number of hydrogen-bond donors (Lipinski definition) is 2. The Morgan fingerprint density at radius 2 is 2.06 bits per heavy atom. The van der Waals surface area contributed by atoms with E-state index in [9.17, 15) is 4.79 Å². The molecule has 2 aliphatic heterocycles. The zero-order valence-electron chi connectivity index (χ0n) is 20.0. The molecular weight excluding hydrogens is 491 g/mol. The van der Waals surface area contributed by atoms with Gasteiger partial charge in [0, 0.05) is 30.6 Å². The highest BCUT2D eigenvalue weighted by Gasteiger charge is 2.47. The molecule has 5 rings (SSSR count). The molecule has 4 heterocycles. The van der Waals surface area contributed by atoms with E-state index in [0.717, 1.165) is 25.9 Å². The smallest absolute Gasteiger partial charge is 0.263 e. The minimum atomic E-state index is -0.676. The lowest BCUT2D eigenvalue weighted by Gasteiger charge is -2.42. The van der Waals surface area contributed by atoms with E-state index in [4.69, 9.17) is 43.4 Å². The number of H-pyrrole nitrogens is 1. The Bertz CT molecular complexity index is 1220. The van der Waals surface area contributed by atoms with E-state index < -0.39 is 11.5 Å². The molecule has 188 valence electrons. The number of rotatable bonds is 4. The van der Waals surface area contributed by atoms with Crippen LogP contribution >= 0.6 is 23.2 Å². The minimum Gasteiger partial charge on any atom is -0.468 e. The van der Waals surface area contributed by atoms with E-state index in [1.807, 2.05) is 6.92 Å². The first-order chi connectivity index (χ1) is 16.7. The molecule has 0 radical (unpaired) electrons. The number of aromatic nitrogens is 4. The zero-order valence-corrected chi connectivity index (χ0v) is 21.5. The van der Waals surface area contributed by atoms with Gasteiger partial charge in [-0.3, -0.25) is 9.36 Å². The molecule has 0 saturated carbocycles. The van der Waals surface area contributed by atoms with E-state index in [1.54, 1.807) is 38.3 Å². The Hall–Kier alpha value is -2.33. The van der Waals surface area contributed by atoms with Crippen LogP contribution in [-0.2, 0) is 4.74 Å². The van der Waals surface area contributed by atoms with E-state index >= 15 is 0 Å². The van der Waals surface area contributed by atoms with Crippen LogP contribution in [0.25, 0.3) is 5.70 Å². The molecule has 3 N–H and O–H groups in total. The van der Waals surface area contributed by atoms with E-state index in [0.29, 0.717) is 40.4 Å². The van der Waals surface area contributed by atoms with Crippen LogP contribution in [0.4, 0.5) is 5.82 Å². The second-order valence-electron chi connectivity index (χ2n) is 9.64. The van der Waals surface area contributed by atoms with Gasteiger partial charge in [0.2, 0.25) is 5.88 Å². The van der Waals surface area contributed by atoms with Crippen molar-refractivity contribution in [3.8, 4) is 5.88 Å². The van der Waals surface area contributed by atoms with Crippen molar-refractivity contribution in [3.05, 3.63) is 51.2 Å². The van der Waals surface area contributed by atoms with Crippen molar-refractivity contribution < 1.29 is 9.47 Å². The van der Waals surface area contributed by atoms with Crippen molar-refractivity contribution >= 4 is 34.7 Å². The molecule has 1 aliphatic carbocycles. The summed E-state index contributed by atoms with van der Waals surface area (Å²) in [6.45, 7) is 7.90. The van der Waals surface area contributed by atoms with Gasteiger partial charge in [-0.2, -0.15) is 5.10 Å². The molecule has 1 unspecified atom stereocenters. The molecule has 0 amide bonds. The minimum absolute atomic E-state index is 0.00322. The number of ether oxygens (including phenoxy) is 2. The summed E-state index contributed by atoms with van der Waals surface area (Å²) in [4.78, 5) is 20.5. The van der Waals surface area contributed by atoms with Gasteiger partial charge in [-0.15, -0.1) is 11.6 Å². The van der Waals surface area contributed by atoms with Crippen molar-refractivity contribution in [2.75, 3.05) is 24.6 Å². The number of hydrogen-bond acceptors (Lipinski definition) is 7. The number of piperidine rings is 1. The monoisotopic (exact) mass is 520 g/mol. The molecule has 2 fully saturated rings. The third kappa shape index (κ3) is 4.18. The third-order valence-electron chi connectivity index (χ3n) is 7.55. The number of aromatic amines is 1. The molecule has 9 nitrogen and oxygen atoms in total. The molecular formula is C24H30Cl2N6O3. The average molecular weight is 521 g/mol. The van der Waals surface area contributed by atoms with Gasteiger partial charge in [0.25, 0.3) is 5.56 Å². The standard InChI is InChI=1S/C24H30Cl2N6O3/c1-13-22(31-10-7-24(8-11-31)12-34-14(2)21(24)27)29-15(3)32(23(13)33)16-4-5-17(20(26)19(16)25)35-18-6-9-28-30-18/h4-6,9,14,17,20-21H,7-8,10-12,27H2,1-3H3,(H,28,30)/t14-,17?,20+,21+/m0/s1. The molecule has 2 aromatic heterocycles. The van der Waals surface area contributed by atoms with Gasteiger partial charge in [0.1, 0.15) is 23.1 Å². The number of allylic oxidation sites excluding steroid dienone is 2. The first kappa shape index (κ1) is 24.4. The van der Waals surface area contributed by atoms with E-state index in [1.165, 1.54) is 4.57 Å². The topological polar surface area (TPSA) is 111 Å². The van der Waals surface area contributed by atoms with Gasteiger partial charge in [-0.25, -0.2) is 10.1 Å². The maximum absolute atomic E-state index is 13.5. The summed E-state index contributed by atoms with van der Waals surface area (Å²) in [6.07, 6.45) is 6.51. The van der Waals surface area contributed by atoms with Crippen LogP contribution in [0.15, 0.2) is 34.2 Å². The fraction of sp³-hybridized carbons (Fsp3) is 0.542. The van der Waals surface area contributed by atoms with Gasteiger partial charge in [0.15, 0.2) is 0 Å². The quantitative estimate of drug-likeness (QED) is 0.596. The number of halogens is 2. The summed E-state index contributed by atoms with van der Waals surface area (Å²) in [6, 6.07) is 1.73. The molecule has 11 heteroatoms. The molecule has 0 aromatic carbocycles. The molecule has 1 spiro atoms. The lowest BCUT2D eigenvalue weighted by atomic mass is 9.73. The largest absolute Gasteiger partial charge is 0.468 e. The van der Waals surface area contributed by atoms with Gasteiger partial charge < -0.3 is 20.1 Å². The van der Waals surface area contributed by atoms with E-state index in [2.05, 4.69) is 15.1 Å². The van der Waals surface area contributed by atoms with Gasteiger partial charge in [-0.1, -0.05) is 11.6 Å². The highest BCUT2D eigenvalue weighted by atomic mass is 35.5. The first-order valence-electron chi connectivity index (χ1n) is 11.8. The SMILES string of the molecule is Cc1c(N2CCC3(CC2)CO[C@@H](C)[C@H]3N)nc(C)n(C2=C(Cl)[C@H](Cl)C(Oc3ccn[nH]3)C=C2)c1=O. The zero-order chi connectivity index (χ0) is 24.9. The van der Waals surface area contributed by atoms with Crippen LogP contribution in [-0.4, -0.2) is 63.1 Å². The molecule has 35 heavy (non-hydrogen) atoms. The van der Waals surface area contributed by atoms with E-state index in [-0.39, 0.29) is 23.1 Å². The number of nitrogens with zero attached hydrogens (tertiary/aromatic N) is 4.